The van der Waals surface area contributed by atoms with Crippen LogP contribution in [0.1, 0.15) is 20.8 Å². The topological polar surface area (TPSA) is 145 Å². The maximum absolute atomic E-state index is 12.8. The van der Waals surface area contributed by atoms with Gasteiger partial charge in [0, 0.05) is 17.5 Å². The molecule has 13 heteroatoms. The molecule has 1 heterocycles. The van der Waals surface area contributed by atoms with Crippen LogP contribution in [0.5, 0.6) is 0 Å². The molecule has 1 saturated heterocycles. The first kappa shape index (κ1) is 24.3. The van der Waals surface area contributed by atoms with Crippen molar-refractivity contribution in [1.29, 1.82) is 0 Å². The number of carbonyl (C=O) groups is 2. The highest BCUT2D eigenvalue weighted by atomic mass is 32.2. The average Bonchev–Trinajstić information content (AvgIpc) is 2.62. The number of benzene rings is 1. The van der Waals surface area contributed by atoms with Crippen LogP contribution in [0.2, 0.25) is 0 Å². The van der Waals surface area contributed by atoms with E-state index >= 15 is 0 Å². The number of carbonyl (C=O) groups excluding carboxylic acids is 2. The summed E-state index contributed by atoms with van der Waals surface area (Å²) < 4.78 is 38.2. The first-order valence-electron chi connectivity index (χ1n) is 9.14. The molecule has 1 aromatic rings. The van der Waals surface area contributed by atoms with Gasteiger partial charge in [-0.2, -0.15) is 4.72 Å². The predicted octanol–water partition coefficient (Wildman–Crippen LogP) is 0.350. The summed E-state index contributed by atoms with van der Waals surface area (Å²) >= 11 is 0. The predicted molar refractivity (Wildman–Crippen MR) is 110 cm³/mol. The van der Waals surface area contributed by atoms with Crippen molar-refractivity contribution in [2.45, 2.75) is 31.6 Å². The number of hydrogen-bond acceptors (Lipinski definition) is 9. The molecule has 2 rings (SSSR count). The van der Waals surface area contributed by atoms with E-state index in [1.165, 1.54) is 11.9 Å². The summed E-state index contributed by atoms with van der Waals surface area (Å²) in [6.07, 6.45) is 0. The Balaban J connectivity index is 2.38. The molecular formula is C18H22BN3O8S. The summed E-state index contributed by atoms with van der Waals surface area (Å²) in [5.41, 5.74) is -0.817. The lowest BCUT2D eigenvalue weighted by molar-refractivity contribution is -0.384. The first-order chi connectivity index (χ1) is 14.3. The molecule has 1 N–H and O–H groups in total. The number of nitrogens with one attached hydrogen (secondary N) is 1. The molecule has 1 fully saturated rings. The lowest BCUT2D eigenvalue weighted by atomic mass is 9.78. The lowest BCUT2D eigenvalue weighted by Crippen LogP contribution is -2.53. The van der Waals surface area contributed by atoms with Crippen molar-refractivity contribution in [3.63, 3.8) is 0 Å². The SMILES string of the molecule is CN1CC(=O)OB(C(C#CC(C)(C)C)NS(=O)(=O)c2ccc([N+](=O)[O-])cc2)OC(=O)C1. The maximum atomic E-state index is 12.8. The minimum atomic E-state index is -4.25. The Bertz CT molecular complexity index is 1000. The van der Waals surface area contributed by atoms with Gasteiger partial charge >= 0.3 is 19.1 Å². The van der Waals surface area contributed by atoms with Crippen LogP contribution in [0.15, 0.2) is 29.2 Å². The van der Waals surface area contributed by atoms with Crippen LogP contribution in [0.4, 0.5) is 5.69 Å². The van der Waals surface area contributed by atoms with Crippen molar-refractivity contribution in [2.24, 2.45) is 5.41 Å². The molecule has 1 aliphatic rings. The normalized spacial score (nSPS) is 16.8. The van der Waals surface area contributed by atoms with E-state index in [2.05, 4.69) is 16.6 Å². The van der Waals surface area contributed by atoms with E-state index < -0.39 is 45.4 Å². The van der Waals surface area contributed by atoms with Crippen LogP contribution in [0, 0.1) is 27.4 Å². The zero-order chi connectivity index (χ0) is 23.4. The molecule has 0 saturated carbocycles. The van der Waals surface area contributed by atoms with E-state index in [4.69, 9.17) is 9.31 Å². The van der Waals surface area contributed by atoms with Gasteiger partial charge in [-0.3, -0.25) is 24.6 Å². The van der Waals surface area contributed by atoms with Crippen LogP contribution >= 0.6 is 0 Å². The summed E-state index contributed by atoms with van der Waals surface area (Å²) in [5.74, 6) is 2.64. The van der Waals surface area contributed by atoms with Crippen molar-refractivity contribution < 1.29 is 32.2 Å². The number of nitro benzene ring substituents is 1. The number of sulfonamides is 1. The molecule has 0 aromatic heterocycles. The summed E-state index contributed by atoms with van der Waals surface area (Å²) in [4.78, 5) is 35.4. The molecule has 0 aliphatic carbocycles. The Labute approximate surface area is 180 Å². The molecule has 0 radical (unpaired) electrons. The van der Waals surface area contributed by atoms with Crippen LogP contribution in [-0.4, -0.2) is 63.4 Å². The number of hydrogen-bond donors (Lipinski definition) is 1. The fourth-order valence-electron chi connectivity index (χ4n) is 2.42. The third-order valence-electron chi connectivity index (χ3n) is 3.81. The quantitative estimate of drug-likeness (QED) is 0.290. The monoisotopic (exact) mass is 451 g/mol. The van der Waals surface area contributed by atoms with Gasteiger partial charge in [0.1, 0.15) is 5.94 Å². The fourth-order valence-corrected chi connectivity index (χ4v) is 3.55. The van der Waals surface area contributed by atoms with E-state index in [1.54, 1.807) is 20.8 Å². The summed E-state index contributed by atoms with van der Waals surface area (Å²) in [6, 6.07) is 4.19. The van der Waals surface area contributed by atoms with Gasteiger partial charge in [0.05, 0.1) is 22.9 Å². The van der Waals surface area contributed by atoms with Gasteiger partial charge in [0.2, 0.25) is 10.0 Å². The van der Waals surface area contributed by atoms with Gasteiger partial charge in [-0.1, -0.05) is 11.8 Å². The van der Waals surface area contributed by atoms with Gasteiger partial charge in [-0.05, 0) is 40.0 Å². The smallest absolute Gasteiger partial charge is 0.497 e. The molecule has 11 nitrogen and oxygen atoms in total. The van der Waals surface area contributed by atoms with Crippen molar-refractivity contribution in [1.82, 2.24) is 9.62 Å². The molecule has 1 atom stereocenters. The summed E-state index contributed by atoms with van der Waals surface area (Å²) in [5, 5.41) is 10.8. The molecule has 0 bridgehead atoms. The number of non-ortho nitro benzene ring substituents is 1. The number of nitrogens with zero attached hydrogens (tertiary/aromatic N) is 2. The molecular weight excluding hydrogens is 429 g/mol. The summed E-state index contributed by atoms with van der Waals surface area (Å²) in [6.45, 7) is 4.97. The van der Waals surface area contributed by atoms with Crippen LogP contribution in [-0.2, 0) is 28.9 Å². The lowest BCUT2D eigenvalue weighted by Gasteiger charge is -2.25. The number of likely N-dealkylation sites (N-methyl/N-ethyl adjacent to an activating group) is 1. The molecule has 1 aromatic carbocycles. The zero-order valence-electron chi connectivity index (χ0n) is 17.4. The van der Waals surface area contributed by atoms with E-state index in [1.807, 2.05) is 0 Å². The van der Waals surface area contributed by atoms with Gasteiger partial charge in [0.25, 0.3) is 5.69 Å². The van der Waals surface area contributed by atoms with E-state index in [0.717, 1.165) is 24.3 Å². The first-order valence-corrected chi connectivity index (χ1v) is 10.6. The van der Waals surface area contributed by atoms with Crippen molar-refractivity contribution >= 4 is 34.8 Å². The standard InChI is InChI=1S/C18H22BN3O8S/c1-18(2,3)10-9-15(19-29-16(23)11-21(4)12-17(24)30-19)20-31(27,28)14-7-5-13(6-8-14)22(25)26/h5-8,15,20H,11-12H2,1-4H3. The fraction of sp³-hybridized carbons (Fsp3) is 0.444. The summed E-state index contributed by atoms with van der Waals surface area (Å²) in [7, 11) is -4.34. The molecule has 166 valence electrons. The van der Waals surface area contributed by atoms with Crippen molar-refractivity contribution in [3.8, 4) is 11.8 Å². The molecule has 1 aliphatic heterocycles. The van der Waals surface area contributed by atoms with E-state index in [-0.39, 0.29) is 23.7 Å². The van der Waals surface area contributed by atoms with Gasteiger partial charge < -0.3 is 9.31 Å². The van der Waals surface area contributed by atoms with Gasteiger partial charge in [0.15, 0.2) is 0 Å². The Morgan fingerprint density at radius 3 is 2.13 bits per heavy atom. The van der Waals surface area contributed by atoms with Crippen LogP contribution < -0.4 is 4.72 Å². The van der Waals surface area contributed by atoms with E-state index in [9.17, 15) is 28.1 Å². The largest absolute Gasteiger partial charge is 0.631 e. The molecule has 0 spiro atoms. The van der Waals surface area contributed by atoms with E-state index in [0.29, 0.717) is 0 Å². The van der Waals surface area contributed by atoms with Crippen molar-refractivity contribution in [3.05, 3.63) is 34.4 Å². The third-order valence-corrected chi connectivity index (χ3v) is 5.27. The minimum Gasteiger partial charge on any atom is -0.497 e. The second-order valence-electron chi connectivity index (χ2n) is 7.89. The number of rotatable bonds is 5. The maximum Gasteiger partial charge on any atom is 0.631 e. The minimum absolute atomic E-state index is 0.194. The van der Waals surface area contributed by atoms with Crippen molar-refractivity contribution in [2.75, 3.05) is 20.1 Å². The van der Waals surface area contributed by atoms with Crippen LogP contribution in [0.3, 0.4) is 0 Å². The highest BCUT2D eigenvalue weighted by Crippen LogP contribution is 2.17. The zero-order valence-corrected chi connectivity index (χ0v) is 18.3. The highest BCUT2D eigenvalue weighted by Gasteiger charge is 2.41. The second-order valence-corrected chi connectivity index (χ2v) is 9.60. The van der Waals surface area contributed by atoms with Crippen LogP contribution in [0.25, 0.3) is 0 Å². The molecule has 1 unspecified atom stereocenters. The Kier molecular flexibility index (Phi) is 7.43. The number of nitro groups is 1. The average molecular weight is 451 g/mol. The molecule has 31 heavy (non-hydrogen) atoms. The Morgan fingerprint density at radius 2 is 1.68 bits per heavy atom. The Morgan fingerprint density at radius 1 is 1.16 bits per heavy atom. The van der Waals surface area contributed by atoms with Gasteiger partial charge in [-0.25, -0.2) is 8.42 Å². The highest BCUT2D eigenvalue weighted by molar-refractivity contribution is 7.89. The Hall–Kier alpha value is -2.95. The third kappa shape index (κ3) is 7.35. The van der Waals surface area contributed by atoms with Gasteiger partial charge in [-0.15, -0.1) is 0 Å². The second kappa shape index (κ2) is 9.46. The molecule has 0 amide bonds.